The van der Waals surface area contributed by atoms with E-state index in [2.05, 4.69) is 30.9 Å². The number of benzene rings is 1. The lowest BCUT2D eigenvalue weighted by atomic mass is 9.78. The average Bonchev–Trinajstić information content (AvgIpc) is 2.60. The zero-order valence-electron chi connectivity index (χ0n) is 15.3. The lowest BCUT2D eigenvalue weighted by Crippen LogP contribution is -2.50. The minimum atomic E-state index is -0.411. The van der Waals surface area contributed by atoms with Crippen molar-refractivity contribution in [3.8, 4) is 5.75 Å². The average molecular weight is 332 g/mol. The normalized spacial score (nSPS) is 26.2. The van der Waals surface area contributed by atoms with E-state index in [4.69, 9.17) is 4.74 Å². The van der Waals surface area contributed by atoms with E-state index < -0.39 is 6.10 Å². The van der Waals surface area contributed by atoms with Crippen molar-refractivity contribution in [2.24, 2.45) is 5.92 Å². The van der Waals surface area contributed by atoms with E-state index in [1.165, 1.54) is 44.1 Å². The third-order valence-corrected chi connectivity index (χ3v) is 5.78. The van der Waals surface area contributed by atoms with E-state index >= 15 is 0 Å². The van der Waals surface area contributed by atoms with Gasteiger partial charge in [0, 0.05) is 12.6 Å². The Labute approximate surface area is 147 Å². The number of fused-ring (bicyclic) bond motifs is 1. The molecular formula is C21H33NO2. The van der Waals surface area contributed by atoms with Crippen LogP contribution < -0.4 is 4.74 Å². The second kappa shape index (κ2) is 8.35. The number of para-hydroxylation sites is 1. The predicted octanol–water partition coefficient (Wildman–Crippen LogP) is 4.20. The first-order valence-electron chi connectivity index (χ1n) is 9.79. The Morgan fingerprint density at radius 2 is 1.88 bits per heavy atom. The summed E-state index contributed by atoms with van der Waals surface area (Å²) in [6.45, 7) is 6.63. The maximum Gasteiger partial charge on any atom is 0.122 e. The predicted molar refractivity (Wildman–Crippen MR) is 98.6 cm³/mol. The fraction of sp³-hybridized carbons (Fsp3) is 0.714. The molecule has 2 aliphatic rings. The summed E-state index contributed by atoms with van der Waals surface area (Å²) in [5, 5.41) is 10.5. The third kappa shape index (κ3) is 4.31. The highest BCUT2D eigenvalue weighted by molar-refractivity contribution is 5.35. The largest absolute Gasteiger partial charge is 0.491 e. The number of hydrogen-bond donors (Lipinski definition) is 1. The van der Waals surface area contributed by atoms with Gasteiger partial charge in [0.2, 0.25) is 0 Å². The second-order valence-electron chi connectivity index (χ2n) is 7.91. The van der Waals surface area contributed by atoms with Gasteiger partial charge >= 0.3 is 0 Å². The molecule has 2 fully saturated rings. The van der Waals surface area contributed by atoms with Crippen LogP contribution in [-0.2, 0) is 0 Å². The van der Waals surface area contributed by atoms with Crippen LogP contribution in [0.25, 0.3) is 0 Å². The number of aliphatic hydroxyl groups is 1. The van der Waals surface area contributed by atoms with Gasteiger partial charge in [0.15, 0.2) is 0 Å². The number of aliphatic hydroxyl groups excluding tert-OH is 1. The number of β-amino-alcohol motifs (C(OH)–C–C–N with tert-alkyl or cyclic N) is 1. The van der Waals surface area contributed by atoms with Crippen molar-refractivity contribution < 1.29 is 9.84 Å². The molecule has 1 N–H and O–H groups in total. The first kappa shape index (κ1) is 17.8. The molecule has 1 aliphatic heterocycles. The van der Waals surface area contributed by atoms with Crippen molar-refractivity contribution in [1.82, 2.24) is 4.90 Å². The van der Waals surface area contributed by atoms with Crippen molar-refractivity contribution in [2.75, 3.05) is 19.7 Å². The molecule has 1 aromatic rings. The molecule has 1 aromatic carbocycles. The summed E-state index contributed by atoms with van der Waals surface area (Å²) >= 11 is 0. The monoisotopic (exact) mass is 331 g/mol. The van der Waals surface area contributed by atoms with Crippen LogP contribution in [0.1, 0.15) is 63.9 Å². The van der Waals surface area contributed by atoms with Gasteiger partial charge in [-0.25, -0.2) is 0 Å². The van der Waals surface area contributed by atoms with Gasteiger partial charge in [-0.05, 0) is 55.7 Å². The van der Waals surface area contributed by atoms with E-state index in [0.717, 1.165) is 24.8 Å². The standard InChI is InChI=1S/C21H33NO2/c1-16(2)19-10-4-6-12-21(19)24-15-18(23)14-22-13-7-9-17-8-3-5-11-20(17)22/h4,6,10,12,16-18,20,23H,3,5,7-9,11,13-15H2,1-2H3/t17-,18-,20+/m1/s1. The molecule has 1 saturated carbocycles. The fourth-order valence-corrected chi connectivity index (χ4v) is 4.55. The van der Waals surface area contributed by atoms with E-state index in [1.54, 1.807) is 0 Å². The van der Waals surface area contributed by atoms with Crippen molar-refractivity contribution in [1.29, 1.82) is 0 Å². The molecule has 0 amide bonds. The Morgan fingerprint density at radius 1 is 1.12 bits per heavy atom. The molecule has 1 saturated heterocycles. The molecule has 0 unspecified atom stereocenters. The Hall–Kier alpha value is -1.06. The Balaban J connectivity index is 1.53. The summed E-state index contributed by atoms with van der Waals surface area (Å²) < 4.78 is 5.96. The molecule has 0 radical (unpaired) electrons. The van der Waals surface area contributed by atoms with Crippen molar-refractivity contribution in [3.63, 3.8) is 0 Å². The van der Waals surface area contributed by atoms with Crippen molar-refractivity contribution >= 4 is 0 Å². The van der Waals surface area contributed by atoms with E-state index in [9.17, 15) is 5.11 Å². The minimum absolute atomic E-state index is 0.387. The van der Waals surface area contributed by atoms with Gasteiger partial charge in [0.1, 0.15) is 18.5 Å². The molecular weight excluding hydrogens is 298 g/mol. The fourth-order valence-electron chi connectivity index (χ4n) is 4.55. The summed E-state index contributed by atoms with van der Waals surface area (Å²) in [4.78, 5) is 2.54. The number of hydrogen-bond acceptors (Lipinski definition) is 3. The van der Waals surface area contributed by atoms with Crippen LogP contribution in [0.4, 0.5) is 0 Å². The van der Waals surface area contributed by atoms with Gasteiger partial charge in [-0.2, -0.15) is 0 Å². The molecule has 1 aliphatic carbocycles. The highest BCUT2D eigenvalue weighted by atomic mass is 16.5. The SMILES string of the molecule is CC(C)c1ccccc1OC[C@H](O)CN1CCC[C@H]2CCCC[C@@H]21. The molecule has 3 nitrogen and oxygen atoms in total. The van der Waals surface area contributed by atoms with Crippen LogP contribution in [-0.4, -0.2) is 41.8 Å². The first-order chi connectivity index (χ1) is 11.6. The highest BCUT2D eigenvalue weighted by Crippen LogP contribution is 2.35. The Bertz CT molecular complexity index is 514. The lowest BCUT2D eigenvalue weighted by Gasteiger charge is -2.44. The number of rotatable bonds is 6. The summed E-state index contributed by atoms with van der Waals surface area (Å²) in [6.07, 6.45) is 7.70. The summed E-state index contributed by atoms with van der Waals surface area (Å²) in [5.41, 5.74) is 1.22. The zero-order chi connectivity index (χ0) is 16.9. The van der Waals surface area contributed by atoms with E-state index in [-0.39, 0.29) is 0 Å². The second-order valence-corrected chi connectivity index (χ2v) is 7.91. The van der Waals surface area contributed by atoms with Crippen LogP contribution in [0, 0.1) is 5.92 Å². The van der Waals surface area contributed by atoms with Crippen LogP contribution >= 0.6 is 0 Å². The Morgan fingerprint density at radius 3 is 2.71 bits per heavy atom. The molecule has 3 atom stereocenters. The number of piperidine rings is 1. The zero-order valence-corrected chi connectivity index (χ0v) is 15.3. The van der Waals surface area contributed by atoms with E-state index in [0.29, 0.717) is 18.6 Å². The first-order valence-corrected chi connectivity index (χ1v) is 9.79. The third-order valence-electron chi connectivity index (χ3n) is 5.78. The van der Waals surface area contributed by atoms with Gasteiger partial charge in [-0.1, -0.05) is 44.9 Å². The van der Waals surface area contributed by atoms with Gasteiger partial charge in [-0.3, -0.25) is 4.90 Å². The summed E-state index contributed by atoms with van der Waals surface area (Å²) in [5.74, 6) is 2.21. The number of nitrogens with zero attached hydrogens (tertiary/aromatic N) is 1. The number of ether oxygens (including phenoxy) is 1. The quantitative estimate of drug-likeness (QED) is 0.848. The Kier molecular flexibility index (Phi) is 6.18. The van der Waals surface area contributed by atoms with Gasteiger partial charge in [0.25, 0.3) is 0 Å². The van der Waals surface area contributed by atoms with Gasteiger partial charge < -0.3 is 9.84 Å². The topological polar surface area (TPSA) is 32.7 Å². The molecule has 0 bridgehead atoms. The van der Waals surface area contributed by atoms with Crippen LogP contribution in [0.2, 0.25) is 0 Å². The maximum atomic E-state index is 10.5. The molecule has 3 rings (SSSR count). The lowest BCUT2D eigenvalue weighted by molar-refractivity contribution is 0.00641. The molecule has 3 heteroatoms. The van der Waals surface area contributed by atoms with Crippen molar-refractivity contribution in [3.05, 3.63) is 29.8 Å². The van der Waals surface area contributed by atoms with Crippen LogP contribution in [0.15, 0.2) is 24.3 Å². The smallest absolute Gasteiger partial charge is 0.122 e. The van der Waals surface area contributed by atoms with Crippen molar-refractivity contribution in [2.45, 2.75) is 70.4 Å². The highest BCUT2D eigenvalue weighted by Gasteiger charge is 2.33. The summed E-state index contributed by atoms with van der Waals surface area (Å²) in [6, 6.07) is 8.88. The molecule has 134 valence electrons. The molecule has 0 spiro atoms. The summed E-state index contributed by atoms with van der Waals surface area (Å²) in [7, 11) is 0. The maximum absolute atomic E-state index is 10.5. The van der Waals surface area contributed by atoms with E-state index in [1.807, 2.05) is 12.1 Å². The van der Waals surface area contributed by atoms with Crippen LogP contribution in [0.5, 0.6) is 5.75 Å². The molecule has 0 aromatic heterocycles. The minimum Gasteiger partial charge on any atom is -0.491 e. The van der Waals surface area contributed by atoms with Crippen LogP contribution in [0.3, 0.4) is 0 Å². The molecule has 1 heterocycles. The van der Waals surface area contributed by atoms with Gasteiger partial charge in [-0.15, -0.1) is 0 Å². The number of likely N-dealkylation sites (tertiary alicyclic amines) is 1. The molecule has 24 heavy (non-hydrogen) atoms. The van der Waals surface area contributed by atoms with Gasteiger partial charge in [0.05, 0.1) is 0 Å².